The summed E-state index contributed by atoms with van der Waals surface area (Å²) in [4.78, 5) is 23.2. The Balaban J connectivity index is 1.84. The highest BCUT2D eigenvalue weighted by Crippen LogP contribution is 2.22. The molecule has 6 nitrogen and oxygen atoms in total. The summed E-state index contributed by atoms with van der Waals surface area (Å²) in [6.45, 7) is 2.39. The van der Waals surface area contributed by atoms with Crippen LogP contribution >= 0.6 is 11.8 Å². The standard InChI is InChI=1S/C16H18N4O2S/c1-2-17-14(21)11-13-15(22)19-16(23-13)20-18-10-6-9-12-7-4-3-5-8-12/h3-10,13H,2,11H2,1H3,(H,17,21)(H,19,20,22)/b9-6+,18-10+. The summed E-state index contributed by atoms with van der Waals surface area (Å²) >= 11 is 1.22. The van der Waals surface area contributed by atoms with Crippen molar-refractivity contribution in [1.82, 2.24) is 10.6 Å². The van der Waals surface area contributed by atoms with Crippen LogP contribution in [-0.4, -0.2) is 35.0 Å². The van der Waals surface area contributed by atoms with Crippen LogP contribution in [0.1, 0.15) is 18.9 Å². The number of thioether (sulfide) groups is 1. The van der Waals surface area contributed by atoms with Crippen LogP contribution in [0, 0.1) is 0 Å². The fraction of sp³-hybridized carbons (Fsp3) is 0.250. The van der Waals surface area contributed by atoms with Crippen molar-refractivity contribution < 1.29 is 9.59 Å². The quantitative estimate of drug-likeness (QED) is 0.616. The maximum atomic E-state index is 11.7. The molecule has 1 atom stereocenters. The zero-order valence-corrected chi connectivity index (χ0v) is 13.5. The maximum Gasteiger partial charge on any atom is 0.240 e. The molecule has 0 bridgehead atoms. The fourth-order valence-electron chi connectivity index (χ4n) is 1.87. The second-order valence-corrected chi connectivity index (χ2v) is 5.88. The summed E-state index contributed by atoms with van der Waals surface area (Å²) in [5, 5.41) is 13.1. The average Bonchev–Trinajstić information content (AvgIpc) is 2.88. The normalized spacial score (nSPS) is 19.6. The monoisotopic (exact) mass is 330 g/mol. The Morgan fingerprint density at radius 3 is 2.91 bits per heavy atom. The minimum absolute atomic E-state index is 0.140. The molecule has 1 aromatic rings. The zero-order chi connectivity index (χ0) is 16.5. The molecule has 0 aliphatic carbocycles. The lowest BCUT2D eigenvalue weighted by Crippen LogP contribution is -2.31. The van der Waals surface area contributed by atoms with E-state index in [1.807, 2.05) is 43.3 Å². The summed E-state index contributed by atoms with van der Waals surface area (Å²) in [5.74, 6) is -0.356. The summed E-state index contributed by atoms with van der Waals surface area (Å²) in [7, 11) is 0. The Hall–Kier alpha value is -2.41. The Morgan fingerprint density at radius 1 is 1.39 bits per heavy atom. The second kappa shape index (κ2) is 8.89. The van der Waals surface area contributed by atoms with Crippen molar-refractivity contribution in [1.29, 1.82) is 0 Å². The third-order valence-corrected chi connectivity index (χ3v) is 3.98. The first-order chi connectivity index (χ1) is 11.2. The number of hydrogen-bond acceptors (Lipinski definition) is 5. The van der Waals surface area contributed by atoms with E-state index in [0.717, 1.165) is 5.56 Å². The van der Waals surface area contributed by atoms with Crippen molar-refractivity contribution in [3.05, 3.63) is 42.0 Å². The third kappa shape index (κ3) is 5.71. The molecule has 1 aliphatic rings. The lowest BCUT2D eigenvalue weighted by Gasteiger charge is -2.04. The second-order valence-electron chi connectivity index (χ2n) is 4.69. The predicted molar refractivity (Wildman–Crippen MR) is 94.2 cm³/mol. The number of amidine groups is 1. The van der Waals surface area contributed by atoms with Crippen molar-refractivity contribution in [3.63, 3.8) is 0 Å². The molecule has 120 valence electrons. The van der Waals surface area contributed by atoms with Gasteiger partial charge in [0.05, 0.1) is 0 Å². The van der Waals surface area contributed by atoms with Crippen LogP contribution in [0.4, 0.5) is 0 Å². The van der Waals surface area contributed by atoms with E-state index in [2.05, 4.69) is 20.8 Å². The first-order valence-electron chi connectivity index (χ1n) is 7.26. The van der Waals surface area contributed by atoms with E-state index in [1.165, 1.54) is 11.8 Å². The van der Waals surface area contributed by atoms with Crippen molar-refractivity contribution in [2.24, 2.45) is 10.2 Å². The fourth-order valence-corrected chi connectivity index (χ4v) is 2.79. The van der Waals surface area contributed by atoms with Gasteiger partial charge in [-0.25, -0.2) is 0 Å². The van der Waals surface area contributed by atoms with E-state index >= 15 is 0 Å². The van der Waals surface area contributed by atoms with Gasteiger partial charge in [0.15, 0.2) is 5.17 Å². The van der Waals surface area contributed by atoms with Crippen LogP contribution in [0.25, 0.3) is 6.08 Å². The van der Waals surface area contributed by atoms with Crippen LogP contribution < -0.4 is 10.6 Å². The van der Waals surface area contributed by atoms with Gasteiger partial charge in [0, 0.05) is 19.2 Å². The highest BCUT2D eigenvalue weighted by molar-refractivity contribution is 8.15. The number of nitrogens with one attached hydrogen (secondary N) is 2. The molecule has 1 aromatic carbocycles. The molecule has 1 unspecified atom stereocenters. The molecule has 1 aliphatic heterocycles. The van der Waals surface area contributed by atoms with Gasteiger partial charge in [-0.1, -0.05) is 48.2 Å². The Bertz CT molecular complexity index is 641. The average molecular weight is 330 g/mol. The molecule has 1 saturated heterocycles. The van der Waals surface area contributed by atoms with Crippen molar-refractivity contribution >= 4 is 41.0 Å². The zero-order valence-electron chi connectivity index (χ0n) is 12.7. The SMILES string of the molecule is CCNC(=O)CC1S\C(=N/N=C/C=C/c2ccccc2)NC1=O. The smallest absolute Gasteiger partial charge is 0.240 e. The molecule has 2 N–H and O–H groups in total. The summed E-state index contributed by atoms with van der Waals surface area (Å²) in [6.07, 6.45) is 5.36. The van der Waals surface area contributed by atoms with Gasteiger partial charge in [-0.05, 0) is 18.6 Å². The number of allylic oxidation sites excluding steroid dienone is 1. The van der Waals surface area contributed by atoms with Crippen LogP contribution in [0.2, 0.25) is 0 Å². The molecule has 0 aromatic heterocycles. The highest BCUT2D eigenvalue weighted by Gasteiger charge is 2.31. The number of nitrogens with zero attached hydrogens (tertiary/aromatic N) is 2. The Labute approximate surface area is 139 Å². The van der Waals surface area contributed by atoms with Gasteiger partial charge in [0.2, 0.25) is 11.8 Å². The van der Waals surface area contributed by atoms with Gasteiger partial charge in [-0.2, -0.15) is 5.10 Å². The summed E-state index contributed by atoms with van der Waals surface area (Å²) < 4.78 is 0. The number of carbonyl (C=O) groups excluding carboxylic acids is 2. The molecule has 0 saturated carbocycles. The first-order valence-corrected chi connectivity index (χ1v) is 8.14. The molecular formula is C16H18N4O2S. The summed E-state index contributed by atoms with van der Waals surface area (Å²) in [5.41, 5.74) is 1.07. The first kappa shape index (κ1) is 17.0. The summed E-state index contributed by atoms with van der Waals surface area (Å²) in [6, 6.07) is 9.83. The molecule has 23 heavy (non-hydrogen) atoms. The minimum Gasteiger partial charge on any atom is -0.356 e. The maximum absolute atomic E-state index is 11.7. The number of hydrogen-bond donors (Lipinski definition) is 2. The Morgan fingerprint density at radius 2 is 2.17 bits per heavy atom. The van der Waals surface area contributed by atoms with Crippen LogP contribution in [0.15, 0.2) is 46.6 Å². The largest absolute Gasteiger partial charge is 0.356 e. The van der Waals surface area contributed by atoms with Crippen molar-refractivity contribution in [3.8, 4) is 0 Å². The number of carbonyl (C=O) groups is 2. The minimum atomic E-state index is -0.449. The molecule has 0 spiro atoms. The van der Waals surface area contributed by atoms with Gasteiger partial charge in [0.1, 0.15) is 5.25 Å². The molecule has 2 amide bonds. The van der Waals surface area contributed by atoms with Crippen LogP contribution in [0.3, 0.4) is 0 Å². The van der Waals surface area contributed by atoms with Gasteiger partial charge >= 0.3 is 0 Å². The van der Waals surface area contributed by atoms with Crippen LogP contribution in [0.5, 0.6) is 0 Å². The molecule has 7 heteroatoms. The van der Waals surface area contributed by atoms with E-state index in [-0.39, 0.29) is 18.2 Å². The van der Waals surface area contributed by atoms with E-state index in [1.54, 1.807) is 12.3 Å². The highest BCUT2D eigenvalue weighted by atomic mass is 32.2. The van der Waals surface area contributed by atoms with E-state index in [9.17, 15) is 9.59 Å². The van der Waals surface area contributed by atoms with Gasteiger partial charge in [0.25, 0.3) is 0 Å². The van der Waals surface area contributed by atoms with Crippen molar-refractivity contribution in [2.75, 3.05) is 6.54 Å². The lowest BCUT2D eigenvalue weighted by molar-refractivity contribution is -0.125. The molecular weight excluding hydrogens is 312 g/mol. The van der Waals surface area contributed by atoms with E-state index in [4.69, 9.17) is 0 Å². The van der Waals surface area contributed by atoms with E-state index < -0.39 is 5.25 Å². The number of amides is 2. The third-order valence-electron chi connectivity index (χ3n) is 2.91. The topological polar surface area (TPSA) is 82.9 Å². The number of benzene rings is 1. The number of rotatable bonds is 6. The Kier molecular flexibility index (Phi) is 6.56. The predicted octanol–water partition coefficient (Wildman–Crippen LogP) is 1.80. The lowest BCUT2D eigenvalue weighted by atomic mass is 10.2. The van der Waals surface area contributed by atoms with E-state index in [0.29, 0.717) is 11.7 Å². The van der Waals surface area contributed by atoms with Crippen LogP contribution in [-0.2, 0) is 9.59 Å². The van der Waals surface area contributed by atoms with Gasteiger partial charge in [-0.15, -0.1) is 5.10 Å². The van der Waals surface area contributed by atoms with Gasteiger partial charge in [-0.3, -0.25) is 9.59 Å². The molecule has 1 heterocycles. The molecule has 1 fully saturated rings. The molecule has 0 radical (unpaired) electrons. The molecule has 2 rings (SSSR count). The van der Waals surface area contributed by atoms with Crippen molar-refractivity contribution in [2.45, 2.75) is 18.6 Å². The van der Waals surface area contributed by atoms with Gasteiger partial charge < -0.3 is 10.6 Å².